The van der Waals surface area contributed by atoms with Gasteiger partial charge in [-0.15, -0.1) is 0 Å². The van der Waals surface area contributed by atoms with Crippen molar-refractivity contribution in [2.75, 3.05) is 33.3 Å². The van der Waals surface area contributed by atoms with Gasteiger partial charge in [-0.3, -0.25) is 14.7 Å². The summed E-state index contributed by atoms with van der Waals surface area (Å²) in [4.78, 5) is 20.9. The molecule has 1 fully saturated rings. The second-order valence-electron chi connectivity index (χ2n) is 8.21. The maximum absolute atomic E-state index is 12.9. The van der Waals surface area contributed by atoms with Crippen molar-refractivity contribution in [3.8, 4) is 0 Å². The van der Waals surface area contributed by atoms with Crippen LogP contribution in [0.25, 0.3) is 0 Å². The average Bonchev–Trinajstić information content (AvgIpc) is 2.70. The van der Waals surface area contributed by atoms with Gasteiger partial charge >= 0.3 is 0 Å². The highest BCUT2D eigenvalue weighted by Gasteiger charge is 2.37. The minimum Gasteiger partial charge on any atom is -0.396 e. The molecule has 1 amide bonds. The van der Waals surface area contributed by atoms with E-state index in [4.69, 9.17) is 0 Å². The maximum atomic E-state index is 12.9. The van der Waals surface area contributed by atoms with E-state index in [1.165, 1.54) is 11.1 Å². The van der Waals surface area contributed by atoms with E-state index in [0.717, 1.165) is 37.9 Å². The Morgan fingerprint density at radius 1 is 1.25 bits per heavy atom. The molecule has 1 saturated heterocycles. The number of likely N-dealkylation sites (N-methyl/N-ethyl adjacent to an activating group) is 1. The summed E-state index contributed by atoms with van der Waals surface area (Å²) in [7, 11) is 1.97. The number of carbonyl (C=O) groups excluding carboxylic acids is 1. The van der Waals surface area contributed by atoms with Crippen molar-refractivity contribution in [1.29, 1.82) is 0 Å². The number of rotatable bonds is 7. The van der Waals surface area contributed by atoms with E-state index >= 15 is 0 Å². The Hall–Kier alpha value is -2.24. The van der Waals surface area contributed by atoms with Crippen LogP contribution in [0.1, 0.15) is 29.5 Å². The molecule has 0 spiro atoms. The van der Waals surface area contributed by atoms with E-state index in [0.29, 0.717) is 13.1 Å². The van der Waals surface area contributed by atoms with Crippen LogP contribution in [0.15, 0.2) is 48.8 Å². The molecule has 5 heteroatoms. The zero-order valence-corrected chi connectivity index (χ0v) is 17.0. The zero-order valence-electron chi connectivity index (χ0n) is 17.0. The van der Waals surface area contributed by atoms with Crippen LogP contribution in [0.5, 0.6) is 0 Å². The summed E-state index contributed by atoms with van der Waals surface area (Å²) in [6, 6.07) is 12.3. The normalized spacial score (nSPS) is 19.8. The lowest BCUT2D eigenvalue weighted by Gasteiger charge is -2.42. The molecular weight excluding hydrogens is 350 g/mol. The van der Waals surface area contributed by atoms with Gasteiger partial charge in [0.25, 0.3) is 0 Å². The largest absolute Gasteiger partial charge is 0.396 e. The number of hydrogen-bond acceptors (Lipinski definition) is 4. The number of aliphatic hydroxyl groups is 1. The van der Waals surface area contributed by atoms with Crippen molar-refractivity contribution >= 4 is 5.91 Å². The minimum absolute atomic E-state index is 0.109. The molecule has 28 heavy (non-hydrogen) atoms. The third kappa shape index (κ3) is 5.18. The number of likely N-dealkylation sites (tertiary alicyclic amines) is 1. The van der Waals surface area contributed by atoms with Crippen LogP contribution in [-0.4, -0.2) is 59.1 Å². The summed E-state index contributed by atoms with van der Waals surface area (Å²) in [6.45, 7) is 4.72. The molecule has 2 heterocycles. The zero-order chi connectivity index (χ0) is 20.0. The molecule has 1 atom stereocenters. The van der Waals surface area contributed by atoms with Crippen molar-refractivity contribution in [2.45, 2.75) is 32.7 Å². The quantitative estimate of drug-likeness (QED) is 0.801. The van der Waals surface area contributed by atoms with Gasteiger partial charge in [0, 0.05) is 37.4 Å². The Morgan fingerprint density at radius 2 is 2.00 bits per heavy atom. The van der Waals surface area contributed by atoms with Crippen LogP contribution in [0.3, 0.4) is 0 Å². The summed E-state index contributed by atoms with van der Waals surface area (Å²) in [5, 5.41) is 10.2. The lowest BCUT2D eigenvalue weighted by molar-refractivity contribution is -0.136. The third-order valence-corrected chi connectivity index (χ3v) is 5.78. The summed E-state index contributed by atoms with van der Waals surface area (Å²) in [6.07, 6.45) is 6.25. The van der Waals surface area contributed by atoms with Crippen molar-refractivity contribution in [1.82, 2.24) is 14.8 Å². The van der Waals surface area contributed by atoms with Crippen molar-refractivity contribution in [2.24, 2.45) is 5.41 Å². The minimum atomic E-state index is -0.246. The van der Waals surface area contributed by atoms with Crippen LogP contribution in [0, 0.1) is 12.3 Å². The molecule has 150 valence electrons. The monoisotopic (exact) mass is 381 g/mol. The highest BCUT2D eigenvalue weighted by molar-refractivity contribution is 5.78. The van der Waals surface area contributed by atoms with Gasteiger partial charge in [0.15, 0.2) is 0 Å². The van der Waals surface area contributed by atoms with Crippen molar-refractivity contribution in [3.05, 3.63) is 65.5 Å². The molecule has 1 N–H and O–H groups in total. The molecule has 1 unspecified atom stereocenters. The van der Waals surface area contributed by atoms with Gasteiger partial charge in [-0.1, -0.05) is 24.3 Å². The number of nitrogens with zero attached hydrogens (tertiary/aromatic N) is 3. The Bertz CT molecular complexity index is 780. The number of benzene rings is 1. The topological polar surface area (TPSA) is 56.7 Å². The molecule has 2 aromatic rings. The van der Waals surface area contributed by atoms with Gasteiger partial charge in [-0.25, -0.2) is 0 Å². The molecule has 1 aromatic carbocycles. The number of pyridine rings is 1. The summed E-state index contributed by atoms with van der Waals surface area (Å²) >= 11 is 0. The summed E-state index contributed by atoms with van der Waals surface area (Å²) in [5.74, 6) is 0.138. The number of amides is 1. The molecule has 0 aliphatic carbocycles. The van der Waals surface area contributed by atoms with E-state index in [1.54, 1.807) is 12.4 Å². The number of aliphatic hydroxyl groups excluding tert-OH is 1. The molecule has 0 radical (unpaired) electrons. The predicted molar refractivity (Wildman–Crippen MR) is 111 cm³/mol. The van der Waals surface area contributed by atoms with Gasteiger partial charge in [0.1, 0.15) is 0 Å². The smallest absolute Gasteiger partial charge is 0.236 e. The number of aryl methyl sites for hydroxylation is 1. The van der Waals surface area contributed by atoms with Crippen LogP contribution in [0.2, 0.25) is 0 Å². The summed E-state index contributed by atoms with van der Waals surface area (Å²) < 4.78 is 0. The van der Waals surface area contributed by atoms with Gasteiger partial charge in [0.2, 0.25) is 5.91 Å². The molecule has 5 nitrogen and oxygen atoms in total. The van der Waals surface area contributed by atoms with Gasteiger partial charge < -0.3 is 10.0 Å². The average molecular weight is 382 g/mol. The van der Waals surface area contributed by atoms with Gasteiger partial charge in [0.05, 0.1) is 13.2 Å². The third-order valence-electron chi connectivity index (χ3n) is 5.78. The Kier molecular flexibility index (Phi) is 6.81. The first-order chi connectivity index (χ1) is 13.5. The van der Waals surface area contributed by atoms with Crippen molar-refractivity contribution in [3.63, 3.8) is 0 Å². The number of hydrogen-bond donors (Lipinski definition) is 1. The first kappa shape index (κ1) is 20.5. The van der Waals surface area contributed by atoms with Crippen LogP contribution < -0.4 is 0 Å². The highest BCUT2D eigenvalue weighted by atomic mass is 16.3. The fourth-order valence-corrected chi connectivity index (χ4v) is 4.15. The second kappa shape index (κ2) is 9.30. The number of carbonyl (C=O) groups is 1. The van der Waals surface area contributed by atoms with E-state index < -0.39 is 0 Å². The van der Waals surface area contributed by atoms with E-state index in [-0.39, 0.29) is 17.9 Å². The highest BCUT2D eigenvalue weighted by Crippen LogP contribution is 2.34. The fraction of sp³-hybridized carbons (Fsp3) is 0.478. The van der Waals surface area contributed by atoms with E-state index in [2.05, 4.69) is 24.0 Å². The predicted octanol–water partition coefficient (Wildman–Crippen LogP) is 2.67. The fourth-order valence-electron chi connectivity index (χ4n) is 4.15. The standard InChI is InChI=1S/C23H31N3O2/c1-19-6-3-4-7-21(19)14-23(18-27)10-5-13-26(17-23)22(28)16-25(2)15-20-8-11-24-12-9-20/h3-4,6-9,11-12,27H,5,10,13-18H2,1-2H3. The van der Waals surface area contributed by atoms with Crippen LogP contribution >= 0.6 is 0 Å². The maximum Gasteiger partial charge on any atom is 0.236 e. The molecule has 1 aliphatic rings. The first-order valence-electron chi connectivity index (χ1n) is 10.0. The number of aromatic nitrogens is 1. The van der Waals surface area contributed by atoms with E-state index in [9.17, 15) is 9.90 Å². The Balaban J connectivity index is 1.62. The second-order valence-corrected chi connectivity index (χ2v) is 8.21. The lowest BCUT2D eigenvalue weighted by atomic mass is 9.75. The molecule has 0 saturated carbocycles. The van der Waals surface area contributed by atoms with Crippen molar-refractivity contribution < 1.29 is 9.90 Å². The van der Waals surface area contributed by atoms with Gasteiger partial charge in [-0.05, 0) is 62.1 Å². The van der Waals surface area contributed by atoms with Crippen LogP contribution in [-0.2, 0) is 17.8 Å². The first-order valence-corrected chi connectivity index (χ1v) is 10.0. The molecule has 3 rings (SSSR count). The Labute approximate surface area is 168 Å². The summed E-state index contributed by atoms with van der Waals surface area (Å²) in [5.41, 5.74) is 3.41. The molecule has 0 bridgehead atoms. The van der Waals surface area contributed by atoms with E-state index in [1.807, 2.05) is 41.1 Å². The van der Waals surface area contributed by atoms with Gasteiger partial charge in [-0.2, -0.15) is 0 Å². The lowest BCUT2D eigenvalue weighted by Crippen LogP contribution is -2.51. The van der Waals surface area contributed by atoms with Crippen LogP contribution in [0.4, 0.5) is 0 Å². The Morgan fingerprint density at radius 3 is 2.71 bits per heavy atom. The SMILES string of the molecule is Cc1ccccc1CC1(CO)CCCN(C(=O)CN(C)Cc2ccncc2)C1. The molecule has 1 aliphatic heterocycles. The number of piperidine rings is 1. The molecule has 1 aromatic heterocycles. The molecular formula is C23H31N3O2.